The third-order valence-corrected chi connectivity index (χ3v) is 2.62. The Balaban J connectivity index is 3.95. The maximum atomic E-state index is 8.93. The highest BCUT2D eigenvalue weighted by Gasteiger charge is 2.12. The SMILES string of the molecule is CCNC(C#N)CCN(CCOC)C(C)C. The van der Waals surface area contributed by atoms with E-state index in [2.05, 4.69) is 30.1 Å². The highest BCUT2D eigenvalue weighted by molar-refractivity contribution is 4.90. The zero-order valence-corrected chi connectivity index (χ0v) is 11.0. The Labute approximate surface area is 99.6 Å². The molecular formula is C12H25N3O. The van der Waals surface area contributed by atoms with Crippen LogP contribution in [0.2, 0.25) is 0 Å². The molecule has 1 unspecified atom stereocenters. The fraction of sp³-hybridized carbons (Fsp3) is 0.917. The van der Waals surface area contributed by atoms with E-state index < -0.39 is 0 Å². The Hall–Kier alpha value is -0.630. The number of nitrogens with zero attached hydrogens (tertiary/aromatic N) is 2. The summed E-state index contributed by atoms with van der Waals surface area (Å²) >= 11 is 0. The summed E-state index contributed by atoms with van der Waals surface area (Å²) in [5.74, 6) is 0. The molecule has 0 saturated heterocycles. The molecule has 0 rings (SSSR count). The van der Waals surface area contributed by atoms with Crippen LogP contribution >= 0.6 is 0 Å². The standard InChI is InChI=1S/C12H25N3O/c1-5-14-12(10-13)6-7-15(11(2)3)8-9-16-4/h11-12,14H,5-9H2,1-4H3. The van der Waals surface area contributed by atoms with Crippen LogP contribution in [0, 0.1) is 11.3 Å². The molecule has 0 saturated carbocycles. The minimum atomic E-state index is -0.0335. The van der Waals surface area contributed by atoms with Crippen molar-refractivity contribution < 1.29 is 4.74 Å². The van der Waals surface area contributed by atoms with Gasteiger partial charge in [-0.2, -0.15) is 5.26 Å². The third-order valence-electron chi connectivity index (χ3n) is 2.62. The molecule has 0 fully saturated rings. The van der Waals surface area contributed by atoms with Crippen LogP contribution in [0.4, 0.5) is 0 Å². The largest absolute Gasteiger partial charge is 0.383 e. The molecule has 94 valence electrons. The lowest BCUT2D eigenvalue weighted by Gasteiger charge is -2.26. The molecule has 0 aliphatic heterocycles. The summed E-state index contributed by atoms with van der Waals surface area (Å²) in [4.78, 5) is 2.34. The van der Waals surface area contributed by atoms with Gasteiger partial charge in [0.05, 0.1) is 18.7 Å². The Morgan fingerprint density at radius 1 is 1.38 bits per heavy atom. The predicted octanol–water partition coefficient (Wildman–Crippen LogP) is 1.23. The lowest BCUT2D eigenvalue weighted by Crippen LogP contribution is -2.38. The first-order chi connectivity index (χ1) is 7.65. The van der Waals surface area contributed by atoms with Gasteiger partial charge in [-0.3, -0.25) is 4.90 Å². The fourth-order valence-electron chi connectivity index (χ4n) is 1.59. The maximum Gasteiger partial charge on any atom is 0.0965 e. The second kappa shape index (κ2) is 9.59. The molecule has 1 atom stereocenters. The molecule has 0 aliphatic rings. The summed E-state index contributed by atoms with van der Waals surface area (Å²) in [6, 6.07) is 2.75. The topological polar surface area (TPSA) is 48.3 Å². The summed E-state index contributed by atoms with van der Waals surface area (Å²) in [6.07, 6.45) is 0.867. The minimum Gasteiger partial charge on any atom is -0.383 e. The first kappa shape index (κ1) is 15.4. The van der Waals surface area contributed by atoms with Crippen molar-refractivity contribution in [2.75, 3.05) is 33.4 Å². The van der Waals surface area contributed by atoms with E-state index in [9.17, 15) is 0 Å². The van der Waals surface area contributed by atoms with Crippen LogP contribution < -0.4 is 5.32 Å². The van der Waals surface area contributed by atoms with Gasteiger partial charge < -0.3 is 10.1 Å². The molecule has 0 bridgehead atoms. The van der Waals surface area contributed by atoms with E-state index in [0.29, 0.717) is 6.04 Å². The van der Waals surface area contributed by atoms with Crippen molar-refractivity contribution >= 4 is 0 Å². The number of hydrogen-bond donors (Lipinski definition) is 1. The summed E-state index contributed by atoms with van der Waals surface area (Å²) in [5.41, 5.74) is 0. The van der Waals surface area contributed by atoms with E-state index in [0.717, 1.165) is 32.7 Å². The van der Waals surface area contributed by atoms with Crippen LogP contribution in [0.5, 0.6) is 0 Å². The zero-order valence-electron chi connectivity index (χ0n) is 11.0. The van der Waals surface area contributed by atoms with Crippen LogP contribution in [0.1, 0.15) is 27.2 Å². The molecule has 0 spiro atoms. The molecule has 0 aliphatic carbocycles. The van der Waals surface area contributed by atoms with Gasteiger partial charge in [0.15, 0.2) is 0 Å². The van der Waals surface area contributed by atoms with Gasteiger partial charge in [0, 0.05) is 26.2 Å². The molecule has 16 heavy (non-hydrogen) atoms. The van der Waals surface area contributed by atoms with Crippen molar-refractivity contribution in [1.82, 2.24) is 10.2 Å². The Morgan fingerprint density at radius 3 is 2.50 bits per heavy atom. The van der Waals surface area contributed by atoms with E-state index in [1.807, 2.05) is 6.92 Å². The number of ether oxygens (including phenoxy) is 1. The summed E-state index contributed by atoms with van der Waals surface area (Å²) < 4.78 is 5.08. The van der Waals surface area contributed by atoms with Crippen LogP contribution in [-0.4, -0.2) is 50.3 Å². The number of hydrogen-bond acceptors (Lipinski definition) is 4. The second-order valence-electron chi connectivity index (χ2n) is 4.15. The van der Waals surface area contributed by atoms with E-state index in [4.69, 9.17) is 10.00 Å². The molecule has 0 aromatic rings. The minimum absolute atomic E-state index is 0.0335. The molecular weight excluding hydrogens is 202 g/mol. The van der Waals surface area contributed by atoms with Crippen molar-refractivity contribution in [3.63, 3.8) is 0 Å². The van der Waals surface area contributed by atoms with E-state index in [-0.39, 0.29) is 6.04 Å². The number of nitriles is 1. The number of methoxy groups -OCH3 is 1. The lowest BCUT2D eigenvalue weighted by atomic mass is 10.2. The second-order valence-corrected chi connectivity index (χ2v) is 4.15. The smallest absolute Gasteiger partial charge is 0.0965 e. The fourth-order valence-corrected chi connectivity index (χ4v) is 1.59. The molecule has 4 heteroatoms. The van der Waals surface area contributed by atoms with Gasteiger partial charge in [-0.1, -0.05) is 6.92 Å². The Bertz CT molecular complexity index is 201. The van der Waals surface area contributed by atoms with Gasteiger partial charge in [-0.05, 0) is 26.8 Å². The molecule has 0 aromatic heterocycles. The Kier molecular flexibility index (Phi) is 9.21. The molecule has 1 N–H and O–H groups in total. The van der Waals surface area contributed by atoms with Crippen molar-refractivity contribution in [2.24, 2.45) is 0 Å². The van der Waals surface area contributed by atoms with Gasteiger partial charge >= 0.3 is 0 Å². The first-order valence-electron chi connectivity index (χ1n) is 6.01. The molecule has 0 heterocycles. The predicted molar refractivity (Wildman–Crippen MR) is 66.3 cm³/mol. The number of nitrogens with one attached hydrogen (secondary N) is 1. The van der Waals surface area contributed by atoms with Gasteiger partial charge in [-0.25, -0.2) is 0 Å². The van der Waals surface area contributed by atoms with Crippen molar-refractivity contribution in [1.29, 1.82) is 5.26 Å². The van der Waals surface area contributed by atoms with Crippen LogP contribution in [-0.2, 0) is 4.74 Å². The van der Waals surface area contributed by atoms with Crippen LogP contribution in [0.15, 0.2) is 0 Å². The molecule has 0 amide bonds. The van der Waals surface area contributed by atoms with E-state index >= 15 is 0 Å². The third kappa shape index (κ3) is 6.78. The molecule has 4 nitrogen and oxygen atoms in total. The van der Waals surface area contributed by atoms with Gasteiger partial charge in [0.25, 0.3) is 0 Å². The Morgan fingerprint density at radius 2 is 2.06 bits per heavy atom. The monoisotopic (exact) mass is 227 g/mol. The summed E-state index contributed by atoms with van der Waals surface area (Å²) in [5, 5.41) is 12.1. The summed E-state index contributed by atoms with van der Waals surface area (Å²) in [7, 11) is 1.72. The average Bonchev–Trinajstić information content (AvgIpc) is 2.27. The van der Waals surface area contributed by atoms with Gasteiger partial charge in [0.2, 0.25) is 0 Å². The number of rotatable bonds is 9. The van der Waals surface area contributed by atoms with Crippen molar-refractivity contribution in [3.8, 4) is 6.07 Å². The zero-order chi connectivity index (χ0) is 12.4. The highest BCUT2D eigenvalue weighted by Crippen LogP contribution is 2.01. The molecule has 0 radical (unpaired) electrons. The van der Waals surface area contributed by atoms with Crippen LogP contribution in [0.25, 0.3) is 0 Å². The first-order valence-corrected chi connectivity index (χ1v) is 6.01. The quantitative estimate of drug-likeness (QED) is 0.644. The normalized spacial score (nSPS) is 13.1. The van der Waals surface area contributed by atoms with E-state index in [1.54, 1.807) is 7.11 Å². The van der Waals surface area contributed by atoms with Gasteiger partial charge in [-0.15, -0.1) is 0 Å². The summed E-state index contributed by atoms with van der Waals surface area (Å²) in [6.45, 7) is 9.82. The molecule has 0 aromatic carbocycles. The maximum absolute atomic E-state index is 8.93. The average molecular weight is 227 g/mol. The van der Waals surface area contributed by atoms with Crippen molar-refractivity contribution in [2.45, 2.75) is 39.3 Å². The van der Waals surface area contributed by atoms with Crippen molar-refractivity contribution in [3.05, 3.63) is 0 Å². The highest BCUT2D eigenvalue weighted by atomic mass is 16.5. The van der Waals surface area contributed by atoms with E-state index in [1.165, 1.54) is 0 Å². The lowest BCUT2D eigenvalue weighted by molar-refractivity contribution is 0.127. The van der Waals surface area contributed by atoms with Crippen LogP contribution in [0.3, 0.4) is 0 Å². The van der Waals surface area contributed by atoms with Gasteiger partial charge in [0.1, 0.15) is 0 Å².